The fraction of sp³-hybridized carbons (Fsp3) is 0.286. The van der Waals surface area contributed by atoms with Crippen LogP contribution in [0.2, 0.25) is 0 Å². The largest absolute Gasteiger partial charge is 0.454 e. The number of anilines is 1. The highest BCUT2D eigenvalue weighted by atomic mass is 16.7. The van der Waals surface area contributed by atoms with Crippen molar-refractivity contribution < 1.29 is 57.3 Å². The van der Waals surface area contributed by atoms with E-state index in [0.29, 0.717) is 61.2 Å². The van der Waals surface area contributed by atoms with Crippen molar-refractivity contribution in [2.45, 2.75) is 58.6 Å². The highest BCUT2D eigenvalue weighted by molar-refractivity contribution is 5.90. The van der Waals surface area contributed by atoms with E-state index in [0.717, 1.165) is 83.9 Å². The molecule has 3 atom stereocenters. The predicted octanol–water partition coefficient (Wildman–Crippen LogP) is 6.82. The molecule has 0 saturated heterocycles. The van der Waals surface area contributed by atoms with Gasteiger partial charge in [-0.25, -0.2) is 0 Å². The molecule has 3 unspecified atom stereocenters. The molecule has 14 rings (SSSR count). The lowest BCUT2D eigenvalue weighted by Gasteiger charge is -2.08. The van der Waals surface area contributed by atoms with Crippen LogP contribution in [0.1, 0.15) is 31.1 Å². The van der Waals surface area contributed by atoms with Crippen LogP contribution in [-0.2, 0) is 19.6 Å². The van der Waals surface area contributed by atoms with Crippen LogP contribution in [0.3, 0.4) is 0 Å². The molecule has 9 aromatic rings. The van der Waals surface area contributed by atoms with Gasteiger partial charge in [-0.3, -0.25) is 23.9 Å². The normalized spacial score (nSPS) is 14.7. The zero-order chi connectivity index (χ0) is 51.3. The molecule has 4 aromatic heterocycles. The Kier molecular flexibility index (Phi) is 13.8. The maximum Gasteiger partial charge on any atom is 0.231 e. The van der Waals surface area contributed by atoms with Crippen LogP contribution < -0.4 is 58.8 Å². The number of nitrogens with zero attached hydrogens (tertiary/aromatic N) is 10. The Bertz CT molecular complexity index is 3450. The van der Waals surface area contributed by atoms with Gasteiger partial charge in [-0.2, -0.15) is 20.4 Å². The van der Waals surface area contributed by atoms with E-state index in [1.807, 2.05) is 73.3 Å². The van der Waals surface area contributed by atoms with Crippen molar-refractivity contribution in [3.8, 4) is 57.5 Å². The van der Waals surface area contributed by atoms with Crippen molar-refractivity contribution in [3.63, 3.8) is 0 Å². The highest BCUT2D eigenvalue weighted by Gasteiger charge is 2.24. The van der Waals surface area contributed by atoms with Crippen LogP contribution in [0.25, 0.3) is 54.1 Å². The first-order valence-electron chi connectivity index (χ1n) is 23.1. The summed E-state index contributed by atoms with van der Waals surface area (Å²) < 4.78 is 58.4. The number of nitrogens with one attached hydrogen (secondary N) is 1. The Balaban J connectivity index is 0.000000107. The van der Waals surface area contributed by atoms with Crippen LogP contribution in [-0.4, -0.2) is 103 Å². The molecule has 6 N–H and O–H groups in total. The van der Waals surface area contributed by atoms with Gasteiger partial charge in [-0.05, 0) is 80.0 Å². The molecule has 25 heteroatoms. The fourth-order valence-electron chi connectivity index (χ4n) is 8.40. The SMILES string of the molecule is CC(Cn1ncc2ccc3c(c21)OCO3)N=[N+]=[N-].CC(N)Cn1ncc2ccc3c(c21)OCO3.CC(O)Cn1ncc2ccc3c(c21)OCO3.Nc1c(C=O)ccc2c1OCO2.c1cc2cn[nH]c2c2c1OCO2. The van der Waals surface area contributed by atoms with Gasteiger partial charge in [-0.15, -0.1) is 0 Å². The Morgan fingerprint density at radius 3 is 1.50 bits per heavy atom. The standard InChI is InChI=1S/C11H11N5O2.C11H13N3O2.C11H12N2O3.C8H6N2O2.C8H7NO3/c1-7(14-15-12)5-16-10-8(4-13-16)2-3-9-11(10)18-6-17-9;1-7(12)5-14-10-8(4-13-14)2-3-9-11(10)16-6-15-9;1-7(14)5-13-10-8(4-12-13)2-3-9-11(10)16-6-15-9;1-2-6-8(12-4-11-6)7-5(1)3-9-10-7;9-7-5(3-10)1-2-6-8(7)12-4-11-6/h2-4,7H,5-6H2,1H3;2-4,7H,5-6,12H2,1H3;2-4,7,14H,5-6H2,1H3;1-3H,4H2,(H,9,10);1-3H,4,9H2. The highest BCUT2D eigenvalue weighted by Crippen LogP contribution is 2.42. The number of carbonyl (C=O) groups is 1. The third-order valence-electron chi connectivity index (χ3n) is 11.7. The maximum absolute atomic E-state index is 10.5. The Hall–Kier alpha value is -9.32. The zero-order valence-electron chi connectivity index (χ0n) is 40.1. The van der Waals surface area contributed by atoms with Crippen LogP contribution in [0.15, 0.2) is 90.6 Å². The Morgan fingerprint density at radius 1 is 0.608 bits per heavy atom. The predicted molar refractivity (Wildman–Crippen MR) is 266 cm³/mol. The monoisotopic (exact) mass is 1010 g/mol. The van der Waals surface area contributed by atoms with Crippen molar-refractivity contribution in [1.82, 2.24) is 39.5 Å². The first kappa shape index (κ1) is 48.3. The number of aromatic nitrogens is 8. The van der Waals surface area contributed by atoms with Crippen LogP contribution >= 0.6 is 0 Å². The molecule has 5 aliphatic rings. The average molecular weight is 1010 g/mol. The molecule has 0 spiro atoms. The summed E-state index contributed by atoms with van der Waals surface area (Å²) >= 11 is 0. The summed E-state index contributed by atoms with van der Waals surface area (Å²) in [5.41, 5.74) is 24.2. The van der Waals surface area contributed by atoms with E-state index in [1.165, 1.54) is 0 Å². The first-order chi connectivity index (χ1) is 36.1. The molecule has 0 radical (unpaired) electrons. The second-order valence-corrected chi connectivity index (χ2v) is 17.1. The summed E-state index contributed by atoms with van der Waals surface area (Å²) in [6.07, 6.45) is 7.36. The van der Waals surface area contributed by atoms with E-state index in [2.05, 4.69) is 35.5 Å². The van der Waals surface area contributed by atoms with Gasteiger partial charge in [0.25, 0.3) is 0 Å². The van der Waals surface area contributed by atoms with E-state index in [4.69, 9.17) is 64.4 Å². The van der Waals surface area contributed by atoms with Gasteiger partial charge in [0, 0.05) is 44.6 Å². The molecule has 25 nitrogen and oxygen atoms in total. The minimum absolute atomic E-state index is 0.0567. The van der Waals surface area contributed by atoms with Gasteiger partial charge in [0.2, 0.25) is 34.0 Å². The number of fused-ring (bicyclic) bond motifs is 13. The number of rotatable bonds is 8. The van der Waals surface area contributed by atoms with Gasteiger partial charge in [-0.1, -0.05) is 12.0 Å². The molecule has 9 heterocycles. The quantitative estimate of drug-likeness (QED) is 0.0399. The van der Waals surface area contributed by atoms with E-state index < -0.39 is 6.10 Å². The molecular formula is C49H49N13O12. The lowest BCUT2D eigenvalue weighted by atomic mass is 10.2. The van der Waals surface area contributed by atoms with Gasteiger partial charge < -0.3 is 63.9 Å². The number of H-pyrrole nitrogens is 1. The van der Waals surface area contributed by atoms with Crippen molar-refractivity contribution >= 4 is 55.6 Å². The number of benzene rings is 5. The second kappa shape index (κ2) is 21.2. The van der Waals surface area contributed by atoms with E-state index >= 15 is 0 Å². The summed E-state index contributed by atoms with van der Waals surface area (Å²) in [6, 6.07) is 18.5. The molecule has 0 bridgehead atoms. The number of aliphatic hydroxyl groups is 1. The first-order valence-corrected chi connectivity index (χ1v) is 23.1. The third-order valence-corrected chi connectivity index (χ3v) is 11.7. The summed E-state index contributed by atoms with van der Waals surface area (Å²) in [5, 5.41) is 36.7. The number of azide groups is 1. The lowest BCUT2D eigenvalue weighted by Crippen LogP contribution is -2.22. The van der Waals surface area contributed by atoms with E-state index in [1.54, 1.807) is 47.0 Å². The maximum atomic E-state index is 10.5. The van der Waals surface area contributed by atoms with Gasteiger partial charge >= 0.3 is 0 Å². The van der Waals surface area contributed by atoms with Crippen molar-refractivity contribution in [3.05, 3.63) is 101 Å². The number of aromatic amines is 1. The number of aldehydes is 1. The molecule has 382 valence electrons. The molecular weight excluding hydrogens is 963 g/mol. The molecule has 0 amide bonds. The molecule has 0 saturated carbocycles. The summed E-state index contributed by atoms with van der Waals surface area (Å²) in [7, 11) is 0. The molecule has 5 aromatic carbocycles. The van der Waals surface area contributed by atoms with Gasteiger partial charge in [0.15, 0.2) is 63.8 Å². The summed E-state index contributed by atoms with van der Waals surface area (Å²) in [5.74, 6) is 7.05. The zero-order valence-corrected chi connectivity index (χ0v) is 40.1. The Labute approximate surface area is 419 Å². The number of carbonyl (C=O) groups excluding carboxylic acids is 1. The van der Waals surface area contributed by atoms with Crippen molar-refractivity contribution in [2.75, 3.05) is 39.7 Å². The number of hydrogen-bond donors (Lipinski definition) is 4. The minimum atomic E-state index is -0.443. The smallest absolute Gasteiger partial charge is 0.231 e. The average Bonchev–Trinajstić information content (AvgIpc) is 4.24. The molecule has 0 aliphatic carbocycles. The number of hydrogen-bond acceptors (Lipinski definition) is 19. The van der Waals surface area contributed by atoms with Gasteiger partial charge in [0.05, 0.1) is 55.7 Å². The lowest BCUT2D eigenvalue weighted by molar-refractivity contribution is 0.112. The summed E-state index contributed by atoms with van der Waals surface area (Å²) in [4.78, 5) is 13.2. The number of aliphatic hydroxyl groups excluding tert-OH is 1. The minimum Gasteiger partial charge on any atom is -0.454 e. The van der Waals surface area contributed by atoms with E-state index in [-0.39, 0.29) is 39.3 Å². The van der Waals surface area contributed by atoms with Crippen molar-refractivity contribution in [2.24, 2.45) is 10.8 Å². The second-order valence-electron chi connectivity index (χ2n) is 17.1. The number of ether oxygens (including phenoxy) is 10. The fourth-order valence-corrected chi connectivity index (χ4v) is 8.40. The van der Waals surface area contributed by atoms with Gasteiger partial charge in [0.1, 0.15) is 22.1 Å². The van der Waals surface area contributed by atoms with Crippen LogP contribution in [0.5, 0.6) is 57.5 Å². The van der Waals surface area contributed by atoms with E-state index in [9.17, 15) is 9.90 Å². The molecule has 5 aliphatic heterocycles. The number of nitrogen functional groups attached to an aromatic ring is 1. The molecule has 0 fully saturated rings. The summed E-state index contributed by atoms with van der Waals surface area (Å²) in [6.45, 7) is 8.36. The van der Waals surface area contributed by atoms with Crippen LogP contribution in [0.4, 0.5) is 5.69 Å². The number of nitrogens with two attached hydrogens (primary N) is 2. The third kappa shape index (κ3) is 9.84. The van der Waals surface area contributed by atoms with Crippen LogP contribution in [0, 0.1) is 0 Å². The topological polar surface area (TPSA) is 313 Å². The van der Waals surface area contributed by atoms with Crippen molar-refractivity contribution in [1.29, 1.82) is 0 Å². The molecule has 74 heavy (non-hydrogen) atoms. The Morgan fingerprint density at radius 2 is 1.03 bits per heavy atom.